The van der Waals surface area contributed by atoms with E-state index in [1.807, 2.05) is 83.6 Å². The van der Waals surface area contributed by atoms with Crippen molar-refractivity contribution >= 4 is 23.5 Å². The van der Waals surface area contributed by atoms with Crippen molar-refractivity contribution < 1.29 is 4.79 Å². The molecule has 160 valence electrons. The number of anilines is 1. The van der Waals surface area contributed by atoms with Gasteiger partial charge in [-0.25, -0.2) is 0 Å². The highest BCUT2D eigenvalue weighted by atomic mass is 32.2. The molecule has 8 heteroatoms. The standard InChI is InChI=1S/C24H22N6OS/c1-17-18(2)29(14-19-9-5-3-6-10-19)23(21(17)13-25)27-22(31)15-32-24-28-26-16-30(24)20-11-7-4-8-12-20/h3-12,16H,14-15H2,1-2H3,(H,27,31). The number of benzene rings is 2. The van der Waals surface area contributed by atoms with Crippen LogP contribution in [0, 0.1) is 25.2 Å². The van der Waals surface area contributed by atoms with E-state index in [1.165, 1.54) is 11.8 Å². The van der Waals surface area contributed by atoms with Gasteiger partial charge in [0.2, 0.25) is 5.91 Å². The van der Waals surface area contributed by atoms with Gasteiger partial charge in [0, 0.05) is 17.9 Å². The molecule has 0 fully saturated rings. The number of hydrogen-bond acceptors (Lipinski definition) is 5. The van der Waals surface area contributed by atoms with Crippen molar-refractivity contribution in [2.24, 2.45) is 0 Å². The van der Waals surface area contributed by atoms with Crippen LogP contribution in [0.3, 0.4) is 0 Å². The number of para-hydroxylation sites is 1. The van der Waals surface area contributed by atoms with Gasteiger partial charge in [-0.15, -0.1) is 10.2 Å². The van der Waals surface area contributed by atoms with Gasteiger partial charge >= 0.3 is 0 Å². The van der Waals surface area contributed by atoms with Crippen molar-refractivity contribution in [2.75, 3.05) is 11.1 Å². The van der Waals surface area contributed by atoms with E-state index in [9.17, 15) is 10.1 Å². The smallest absolute Gasteiger partial charge is 0.235 e. The molecular formula is C24H22N6OS. The molecular weight excluding hydrogens is 420 g/mol. The molecule has 0 saturated carbocycles. The maximum atomic E-state index is 12.8. The molecule has 1 N–H and O–H groups in total. The maximum absolute atomic E-state index is 12.8. The Kier molecular flexibility index (Phi) is 6.38. The molecule has 1 amide bonds. The third-order valence-electron chi connectivity index (χ3n) is 5.27. The first-order valence-electron chi connectivity index (χ1n) is 10.1. The van der Waals surface area contributed by atoms with Crippen molar-refractivity contribution in [1.29, 1.82) is 5.26 Å². The zero-order valence-electron chi connectivity index (χ0n) is 17.8. The van der Waals surface area contributed by atoms with E-state index in [2.05, 4.69) is 21.6 Å². The second-order valence-electron chi connectivity index (χ2n) is 7.27. The number of hydrogen-bond donors (Lipinski definition) is 1. The fourth-order valence-corrected chi connectivity index (χ4v) is 4.21. The Balaban J connectivity index is 1.52. The molecule has 0 bridgehead atoms. The van der Waals surface area contributed by atoms with Crippen LogP contribution in [-0.4, -0.2) is 31.0 Å². The molecule has 0 aliphatic rings. The van der Waals surface area contributed by atoms with Crippen molar-refractivity contribution in [3.05, 3.63) is 89.4 Å². The Labute approximate surface area is 190 Å². The number of carbonyl (C=O) groups excluding carboxylic acids is 1. The highest BCUT2D eigenvalue weighted by Gasteiger charge is 2.20. The second kappa shape index (κ2) is 9.54. The van der Waals surface area contributed by atoms with E-state index in [0.717, 1.165) is 22.5 Å². The molecule has 2 aromatic carbocycles. The number of thioether (sulfide) groups is 1. The molecule has 32 heavy (non-hydrogen) atoms. The molecule has 0 saturated heterocycles. The Hall–Kier alpha value is -3.83. The minimum absolute atomic E-state index is 0.144. The number of nitrogens with one attached hydrogen (secondary N) is 1. The monoisotopic (exact) mass is 442 g/mol. The SMILES string of the molecule is Cc1c(C#N)c(NC(=O)CSc2nncn2-c2ccccc2)n(Cc2ccccc2)c1C. The van der Waals surface area contributed by atoms with Crippen LogP contribution >= 0.6 is 11.8 Å². The summed E-state index contributed by atoms with van der Waals surface area (Å²) in [7, 11) is 0. The van der Waals surface area contributed by atoms with E-state index < -0.39 is 0 Å². The Morgan fingerprint density at radius 3 is 2.47 bits per heavy atom. The van der Waals surface area contributed by atoms with Gasteiger partial charge in [0.1, 0.15) is 18.2 Å². The summed E-state index contributed by atoms with van der Waals surface area (Å²) in [5, 5.41) is 21.4. The highest BCUT2D eigenvalue weighted by molar-refractivity contribution is 7.99. The van der Waals surface area contributed by atoms with Crippen LogP contribution in [0.25, 0.3) is 5.69 Å². The minimum Gasteiger partial charge on any atom is -0.326 e. The Bertz CT molecular complexity index is 1270. The molecule has 0 radical (unpaired) electrons. The van der Waals surface area contributed by atoms with Gasteiger partial charge in [-0.3, -0.25) is 9.36 Å². The van der Waals surface area contributed by atoms with Crippen LogP contribution in [0.5, 0.6) is 0 Å². The number of carbonyl (C=O) groups is 1. The molecule has 0 aliphatic carbocycles. The first-order chi connectivity index (χ1) is 15.6. The average Bonchev–Trinajstić information content (AvgIpc) is 3.38. The summed E-state index contributed by atoms with van der Waals surface area (Å²) in [4.78, 5) is 12.8. The first kappa shape index (κ1) is 21.4. The van der Waals surface area contributed by atoms with E-state index in [-0.39, 0.29) is 11.7 Å². The van der Waals surface area contributed by atoms with Crippen molar-refractivity contribution in [1.82, 2.24) is 19.3 Å². The van der Waals surface area contributed by atoms with Gasteiger partial charge in [-0.05, 0) is 37.1 Å². The average molecular weight is 443 g/mol. The zero-order valence-corrected chi connectivity index (χ0v) is 18.6. The summed E-state index contributed by atoms with van der Waals surface area (Å²) in [6.07, 6.45) is 1.63. The Morgan fingerprint density at radius 1 is 1.09 bits per heavy atom. The number of nitriles is 1. The van der Waals surface area contributed by atoms with Crippen molar-refractivity contribution in [3.8, 4) is 11.8 Å². The maximum Gasteiger partial charge on any atom is 0.235 e. The van der Waals surface area contributed by atoms with Crippen LogP contribution in [0.4, 0.5) is 5.82 Å². The lowest BCUT2D eigenvalue weighted by Crippen LogP contribution is -2.19. The molecule has 4 rings (SSSR count). The fourth-order valence-electron chi connectivity index (χ4n) is 3.48. The van der Waals surface area contributed by atoms with E-state index in [0.29, 0.717) is 23.1 Å². The fraction of sp³-hybridized carbons (Fsp3) is 0.167. The predicted octanol–water partition coefficient (Wildman–Crippen LogP) is 4.34. The lowest BCUT2D eigenvalue weighted by Gasteiger charge is -2.13. The van der Waals surface area contributed by atoms with E-state index >= 15 is 0 Å². The van der Waals surface area contributed by atoms with Gasteiger partial charge in [-0.2, -0.15) is 5.26 Å². The first-order valence-corrected chi connectivity index (χ1v) is 11.1. The lowest BCUT2D eigenvalue weighted by atomic mass is 10.2. The van der Waals surface area contributed by atoms with Gasteiger partial charge in [0.05, 0.1) is 11.3 Å². The lowest BCUT2D eigenvalue weighted by molar-refractivity contribution is -0.113. The van der Waals surface area contributed by atoms with Gasteiger partial charge in [0.15, 0.2) is 5.16 Å². The summed E-state index contributed by atoms with van der Waals surface area (Å²) < 4.78 is 3.82. The topological polar surface area (TPSA) is 88.5 Å². The molecule has 4 aromatic rings. The van der Waals surface area contributed by atoms with Crippen molar-refractivity contribution in [3.63, 3.8) is 0 Å². The minimum atomic E-state index is -0.207. The second-order valence-corrected chi connectivity index (χ2v) is 8.22. The van der Waals surface area contributed by atoms with Crippen LogP contribution in [0.1, 0.15) is 22.4 Å². The highest BCUT2D eigenvalue weighted by Crippen LogP contribution is 2.28. The predicted molar refractivity (Wildman–Crippen MR) is 125 cm³/mol. The summed E-state index contributed by atoms with van der Waals surface area (Å²) in [5.41, 5.74) is 4.34. The Morgan fingerprint density at radius 2 is 1.78 bits per heavy atom. The summed E-state index contributed by atoms with van der Waals surface area (Å²) in [6, 6.07) is 21.9. The third kappa shape index (κ3) is 4.43. The van der Waals surface area contributed by atoms with Crippen LogP contribution in [-0.2, 0) is 11.3 Å². The van der Waals surface area contributed by atoms with E-state index in [4.69, 9.17) is 0 Å². The summed E-state index contributed by atoms with van der Waals surface area (Å²) in [6.45, 7) is 4.44. The van der Waals surface area contributed by atoms with Crippen LogP contribution in [0.15, 0.2) is 72.1 Å². The normalized spacial score (nSPS) is 10.7. The van der Waals surface area contributed by atoms with Crippen LogP contribution < -0.4 is 5.32 Å². The van der Waals surface area contributed by atoms with E-state index in [1.54, 1.807) is 6.33 Å². The molecule has 0 aliphatic heterocycles. The summed E-state index contributed by atoms with van der Waals surface area (Å²) in [5.74, 6) is 0.466. The van der Waals surface area contributed by atoms with Crippen molar-refractivity contribution in [2.45, 2.75) is 25.5 Å². The largest absolute Gasteiger partial charge is 0.326 e. The molecule has 0 unspecified atom stereocenters. The number of rotatable bonds is 7. The number of nitrogens with zero attached hydrogens (tertiary/aromatic N) is 5. The van der Waals surface area contributed by atoms with Crippen LogP contribution in [0.2, 0.25) is 0 Å². The number of amides is 1. The number of aromatic nitrogens is 4. The third-order valence-corrected chi connectivity index (χ3v) is 6.21. The molecule has 0 atom stereocenters. The molecule has 2 aromatic heterocycles. The van der Waals surface area contributed by atoms with Gasteiger partial charge in [0.25, 0.3) is 0 Å². The zero-order chi connectivity index (χ0) is 22.5. The molecule has 7 nitrogen and oxygen atoms in total. The molecule has 2 heterocycles. The van der Waals surface area contributed by atoms with Gasteiger partial charge in [-0.1, -0.05) is 60.3 Å². The summed E-state index contributed by atoms with van der Waals surface area (Å²) >= 11 is 1.30. The molecule has 0 spiro atoms. The quantitative estimate of drug-likeness (QED) is 0.430. The van der Waals surface area contributed by atoms with Gasteiger partial charge < -0.3 is 9.88 Å².